The molecule has 0 spiro atoms. The van der Waals surface area contributed by atoms with Crippen LogP contribution in [0.25, 0.3) is 0 Å². The first-order chi connectivity index (χ1) is 9.29. The van der Waals surface area contributed by atoms with E-state index in [9.17, 15) is 13.8 Å². The molecule has 1 atom stereocenters. The van der Waals surface area contributed by atoms with Crippen LogP contribution in [0.2, 0.25) is 5.02 Å². The number of hydrogen-bond donors (Lipinski definition) is 2. The van der Waals surface area contributed by atoms with Crippen LogP contribution in [-0.2, 0) is 15.6 Å². The van der Waals surface area contributed by atoms with Gasteiger partial charge in [0.05, 0.1) is 16.3 Å². The molecular formula is C13H16ClNO4S. The van der Waals surface area contributed by atoms with E-state index in [2.05, 4.69) is 5.32 Å². The molecule has 0 bridgehead atoms. The Hall–Kier alpha value is -1.40. The molecular weight excluding hydrogens is 302 g/mol. The van der Waals surface area contributed by atoms with E-state index in [-0.39, 0.29) is 27.9 Å². The van der Waals surface area contributed by atoms with Crippen molar-refractivity contribution in [3.8, 4) is 0 Å². The maximum Gasteiger partial charge on any atom is 0.335 e. The van der Waals surface area contributed by atoms with Gasteiger partial charge in [0, 0.05) is 16.6 Å². The highest BCUT2D eigenvalue weighted by atomic mass is 35.5. The predicted molar refractivity (Wildman–Crippen MR) is 79.8 cm³/mol. The minimum atomic E-state index is -1.25. The van der Waals surface area contributed by atoms with Gasteiger partial charge < -0.3 is 10.4 Å². The minimum absolute atomic E-state index is 0.0213. The fraction of sp³-hybridized carbons (Fsp3) is 0.385. The number of carboxylic acid groups (broad SMARTS) is 1. The Balaban J connectivity index is 2.73. The Bertz CT molecular complexity index is 545. The number of hydrogen-bond acceptors (Lipinski definition) is 3. The summed E-state index contributed by atoms with van der Waals surface area (Å²) >= 11 is 5.88. The molecule has 0 radical (unpaired) electrons. The summed E-state index contributed by atoms with van der Waals surface area (Å²) in [5, 5.41) is 11.6. The van der Waals surface area contributed by atoms with Crippen molar-refractivity contribution in [1.82, 2.24) is 0 Å². The van der Waals surface area contributed by atoms with E-state index in [0.717, 1.165) is 0 Å². The van der Waals surface area contributed by atoms with Crippen molar-refractivity contribution < 1.29 is 18.9 Å². The van der Waals surface area contributed by atoms with Crippen LogP contribution in [0.15, 0.2) is 18.2 Å². The Labute approximate surface area is 124 Å². The standard InChI is InChI=1S/C13H16ClNO4S/c1-8(2)6-20(19)7-12(16)15-11-5-9(13(17)18)3-4-10(11)14/h3-5,8H,6-7H2,1-2H3,(H,15,16)(H,17,18). The first-order valence-corrected chi connectivity index (χ1v) is 7.84. The second-order valence-corrected chi connectivity index (χ2v) is 6.60. The third kappa shape index (κ3) is 5.30. The lowest BCUT2D eigenvalue weighted by molar-refractivity contribution is -0.113. The summed E-state index contributed by atoms with van der Waals surface area (Å²) in [6.07, 6.45) is 0. The number of amides is 1. The fourth-order valence-corrected chi connectivity index (χ4v) is 2.91. The average molecular weight is 318 g/mol. The van der Waals surface area contributed by atoms with Crippen LogP contribution in [0.4, 0.5) is 5.69 Å². The summed E-state index contributed by atoms with van der Waals surface area (Å²) in [5.74, 6) is -1.01. The van der Waals surface area contributed by atoms with Crippen molar-refractivity contribution >= 4 is 40.0 Å². The van der Waals surface area contributed by atoms with Gasteiger partial charge in [-0.05, 0) is 24.1 Å². The maximum absolute atomic E-state index is 11.7. The van der Waals surface area contributed by atoms with Gasteiger partial charge in [-0.3, -0.25) is 9.00 Å². The Morgan fingerprint density at radius 2 is 2.05 bits per heavy atom. The Kier molecular flexibility index (Phi) is 6.16. The van der Waals surface area contributed by atoms with Crippen LogP contribution in [0.1, 0.15) is 24.2 Å². The van der Waals surface area contributed by atoms with E-state index in [1.54, 1.807) is 0 Å². The predicted octanol–water partition coefficient (Wildman–Crippen LogP) is 2.38. The maximum atomic E-state index is 11.7. The zero-order valence-electron chi connectivity index (χ0n) is 11.2. The molecule has 1 unspecified atom stereocenters. The van der Waals surface area contributed by atoms with Crippen molar-refractivity contribution in [3.63, 3.8) is 0 Å². The molecule has 1 amide bonds. The number of anilines is 1. The molecule has 110 valence electrons. The molecule has 1 rings (SSSR count). The molecule has 0 heterocycles. The largest absolute Gasteiger partial charge is 0.478 e. The average Bonchev–Trinajstić information content (AvgIpc) is 2.30. The quantitative estimate of drug-likeness (QED) is 0.843. The number of benzene rings is 1. The van der Waals surface area contributed by atoms with Crippen LogP contribution in [0, 0.1) is 5.92 Å². The lowest BCUT2D eigenvalue weighted by atomic mass is 10.2. The fourth-order valence-electron chi connectivity index (χ4n) is 1.52. The normalized spacial score (nSPS) is 12.2. The van der Waals surface area contributed by atoms with Gasteiger partial charge >= 0.3 is 5.97 Å². The van der Waals surface area contributed by atoms with Gasteiger partial charge in [0.2, 0.25) is 5.91 Å². The van der Waals surface area contributed by atoms with Crippen LogP contribution < -0.4 is 5.32 Å². The number of nitrogens with one attached hydrogen (secondary N) is 1. The number of halogens is 1. The Morgan fingerprint density at radius 3 is 2.60 bits per heavy atom. The minimum Gasteiger partial charge on any atom is -0.478 e. The van der Waals surface area contributed by atoms with E-state index >= 15 is 0 Å². The molecule has 0 aliphatic heterocycles. The lowest BCUT2D eigenvalue weighted by Gasteiger charge is -2.09. The molecule has 1 aromatic rings. The number of carboxylic acids is 1. The number of carbonyl (C=O) groups is 2. The first-order valence-electron chi connectivity index (χ1n) is 5.97. The van der Waals surface area contributed by atoms with Crippen molar-refractivity contribution in [2.24, 2.45) is 5.92 Å². The monoisotopic (exact) mass is 317 g/mol. The number of carbonyl (C=O) groups excluding carboxylic acids is 1. The van der Waals surface area contributed by atoms with Crippen molar-refractivity contribution in [3.05, 3.63) is 28.8 Å². The summed E-state index contributed by atoms with van der Waals surface area (Å²) < 4.78 is 11.6. The third-order valence-electron chi connectivity index (χ3n) is 2.30. The highest BCUT2D eigenvalue weighted by Crippen LogP contribution is 2.23. The molecule has 0 aromatic heterocycles. The first kappa shape index (κ1) is 16.7. The molecule has 0 aliphatic carbocycles. The summed E-state index contributed by atoms with van der Waals surface area (Å²) in [4.78, 5) is 22.6. The van der Waals surface area contributed by atoms with Gasteiger partial charge in [0.25, 0.3) is 0 Å². The van der Waals surface area contributed by atoms with Crippen LogP contribution in [0.3, 0.4) is 0 Å². The van der Waals surface area contributed by atoms with Gasteiger partial charge in [-0.1, -0.05) is 25.4 Å². The van der Waals surface area contributed by atoms with Gasteiger partial charge in [0.15, 0.2) is 0 Å². The topological polar surface area (TPSA) is 83.5 Å². The van der Waals surface area contributed by atoms with Crippen LogP contribution in [-0.4, -0.2) is 32.7 Å². The summed E-state index contributed by atoms with van der Waals surface area (Å²) in [5.41, 5.74) is 0.228. The van der Waals surface area contributed by atoms with Gasteiger partial charge in [-0.15, -0.1) is 0 Å². The van der Waals surface area contributed by atoms with E-state index in [1.807, 2.05) is 13.8 Å². The van der Waals surface area contributed by atoms with Crippen molar-refractivity contribution in [2.75, 3.05) is 16.8 Å². The number of rotatable bonds is 6. The molecule has 0 fully saturated rings. The molecule has 0 aliphatic rings. The van der Waals surface area contributed by atoms with Crippen molar-refractivity contribution in [1.29, 1.82) is 0 Å². The molecule has 2 N–H and O–H groups in total. The molecule has 0 saturated heterocycles. The SMILES string of the molecule is CC(C)CS(=O)CC(=O)Nc1cc(C(=O)O)ccc1Cl. The second-order valence-electron chi connectivity index (χ2n) is 4.69. The zero-order valence-corrected chi connectivity index (χ0v) is 12.8. The summed E-state index contributed by atoms with van der Waals surface area (Å²) in [7, 11) is -1.25. The highest BCUT2D eigenvalue weighted by molar-refractivity contribution is 7.85. The Morgan fingerprint density at radius 1 is 1.40 bits per heavy atom. The molecule has 5 nitrogen and oxygen atoms in total. The van der Waals surface area contributed by atoms with Gasteiger partial charge in [0.1, 0.15) is 5.75 Å². The molecule has 20 heavy (non-hydrogen) atoms. The lowest BCUT2D eigenvalue weighted by Crippen LogP contribution is -2.22. The molecule has 1 aromatic carbocycles. The van der Waals surface area contributed by atoms with Gasteiger partial charge in [-0.25, -0.2) is 4.79 Å². The van der Waals surface area contributed by atoms with E-state index in [0.29, 0.717) is 5.75 Å². The highest BCUT2D eigenvalue weighted by Gasteiger charge is 2.13. The van der Waals surface area contributed by atoms with Crippen LogP contribution in [0.5, 0.6) is 0 Å². The van der Waals surface area contributed by atoms with E-state index < -0.39 is 22.7 Å². The van der Waals surface area contributed by atoms with Crippen LogP contribution >= 0.6 is 11.6 Å². The van der Waals surface area contributed by atoms with Crippen molar-refractivity contribution in [2.45, 2.75) is 13.8 Å². The third-order valence-corrected chi connectivity index (χ3v) is 4.25. The summed E-state index contributed by atoms with van der Waals surface area (Å²) in [6.45, 7) is 3.84. The number of aromatic carboxylic acids is 1. The van der Waals surface area contributed by atoms with E-state index in [4.69, 9.17) is 16.7 Å². The zero-order chi connectivity index (χ0) is 15.3. The second kappa shape index (κ2) is 7.40. The van der Waals surface area contributed by atoms with Gasteiger partial charge in [-0.2, -0.15) is 0 Å². The molecule has 0 saturated carbocycles. The summed E-state index contributed by atoms with van der Waals surface area (Å²) in [6, 6.07) is 4.01. The smallest absolute Gasteiger partial charge is 0.335 e. The van der Waals surface area contributed by atoms with E-state index in [1.165, 1.54) is 18.2 Å². The molecule has 7 heteroatoms.